The normalized spacial score (nSPS) is 16.9. The van der Waals surface area contributed by atoms with Crippen LogP contribution in [0.5, 0.6) is 0 Å². The molecule has 0 unspecified atom stereocenters. The number of halogens is 2. The van der Waals surface area contributed by atoms with Gasteiger partial charge in [-0.2, -0.15) is 0 Å². The SMILES string of the molecule is O=C1CC(=O)OC(c2c(F)cccc2F)O1. The molecule has 6 heteroatoms. The van der Waals surface area contributed by atoms with Gasteiger partial charge in [-0.15, -0.1) is 0 Å². The minimum atomic E-state index is -1.64. The fourth-order valence-corrected chi connectivity index (χ4v) is 1.32. The molecule has 1 aliphatic heterocycles. The molecule has 1 aromatic rings. The summed E-state index contributed by atoms with van der Waals surface area (Å²) in [7, 11) is 0. The second kappa shape index (κ2) is 3.88. The van der Waals surface area contributed by atoms with Crippen LogP contribution >= 0.6 is 0 Å². The molecule has 4 nitrogen and oxygen atoms in total. The second-order valence-corrected chi connectivity index (χ2v) is 3.12. The van der Waals surface area contributed by atoms with Crippen LogP contribution in [-0.4, -0.2) is 11.9 Å². The molecular formula is C10H6F2O4. The van der Waals surface area contributed by atoms with Crippen molar-refractivity contribution in [2.24, 2.45) is 0 Å². The zero-order chi connectivity index (χ0) is 11.7. The van der Waals surface area contributed by atoms with Gasteiger partial charge in [0.2, 0.25) is 0 Å². The Morgan fingerprint density at radius 1 is 1.06 bits per heavy atom. The summed E-state index contributed by atoms with van der Waals surface area (Å²) in [6.45, 7) is 0. The number of hydrogen-bond acceptors (Lipinski definition) is 4. The van der Waals surface area contributed by atoms with Crippen LogP contribution in [0, 0.1) is 11.6 Å². The highest BCUT2D eigenvalue weighted by molar-refractivity contribution is 5.92. The molecule has 0 radical (unpaired) electrons. The maximum Gasteiger partial charge on any atom is 0.320 e. The molecule has 16 heavy (non-hydrogen) atoms. The van der Waals surface area contributed by atoms with E-state index in [2.05, 4.69) is 9.47 Å². The van der Waals surface area contributed by atoms with Crippen LogP contribution in [0.15, 0.2) is 18.2 Å². The van der Waals surface area contributed by atoms with E-state index in [1.165, 1.54) is 0 Å². The molecule has 0 aromatic heterocycles. The highest BCUT2D eigenvalue weighted by Crippen LogP contribution is 2.28. The smallest absolute Gasteiger partial charge is 0.320 e. The molecule has 1 aliphatic rings. The molecule has 1 saturated heterocycles. The highest BCUT2D eigenvalue weighted by Gasteiger charge is 2.33. The van der Waals surface area contributed by atoms with Crippen molar-refractivity contribution in [3.05, 3.63) is 35.4 Å². The van der Waals surface area contributed by atoms with E-state index in [-0.39, 0.29) is 0 Å². The number of ether oxygens (including phenoxy) is 2. The third-order valence-electron chi connectivity index (χ3n) is 2.00. The Kier molecular flexibility index (Phi) is 2.55. The first-order valence-corrected chi connectivity index (χ1v) is 4.41. The molecule has 1 fully saturated rings. The highest BCUT2D eigenvalue weighted by atomic mass is 19.1. The molecule has 84 valence electrons. The molecule has 0 atom stereocenters. The summed E-state index contributed by atoms with van der Waals surface area (Å²) in [5, 5.41) is 0. The van der Waals surface area contributed by atoms with Gasteiger partial charge in [-0.3, -0.25) is 9.59 Å². The molecule has 2 rings (SSSR count). The predicted octanol–water partition coefficient (Wildman–Crippen LogP) is 1.45. The second-order valence-electron chi connectivity index (χ2n) is 3.12. The van der Waals surface area contributed by atoms with E-state index in [1.54, 1.807) is 0 Å². The van der Waals surface area contributed by atoms with E-state index in [1.807, 2.05) is 0 Å². The van der Waals surface area contributed by atoms with E-state index in [0.29, 0.717) is 0 Å². The van der Waals surface area contributed by atoms with Gasteiger partial charge in [0.1, 0.15) is 23.6 Å². The van der Waals surface area contributed by atoms with Gasteiger partial charge >= 0.3 is 11.9 Å². The molecule has 0 N–H and O–H groups in total. The van der Waals surface area contributed by atoms with E-state index in [0.717, 1.165) is 18.2 Å². The number of carbonyl (C=O) groups excluding carboxylic acids is 2. The average molecular weight is 228 g/mol. The number of benzene rings is 1. The minimum Gasteiger partial charge on any atom is -0.420 e. The van der Waals surface area contributed by atoms with Gasteiger partial charge in [0, 0.05) is 0 Å². The van der Waals surface area contributed by atoms with Crippen molar-refractivity contribution in [3.63, 3.8) is 0 Å². The Balaban J connectivity index is 2.36. The Labute approximate surface area is 88.8 Å². The fraction of sp³-hybridized carbons (Fsp3) is 0.200. The third kappa shape index (κ3) is 1.86. The monoisotopic (exact) mass is 228 g/mol. The number of esters is 2. The molecular weight excluding hydrogens is 222 g/mol. The number of carbonyl (C=O) groups is 2. The summed E-state index contributed by atoms with van der Waals surface area (Å²) >= 11 is 0. The van der Waals surface area contributed by atoms with Crippen molar-refractivity contribution in [1.29, 1.82) is 0 Å². The Morgan fingerprint density at radius 3 is 2.06 bits per heavy atom. The molecule has 0 spiro atoms. The zero-order valence-corrected chi connectivity index (χ0v) is 7.91. The molecule has 0 aliphatic carbocycles. The summed E-state index contributed by atoms with van der Waals surface area (Å²) in [5.41, 5.74) is -0.580. The summed E-state index contributed by atoms with van der Waals surface area (Å²) in [6.07, 6.45) is -2.19. The maximum atomic E-state index is 13.3. The Bertz CT molecular complexity index is 422. The van der Waals surface area contributed by atoms with Gasteiger partial charge in [-0.1, -0.05) is 6.07 Å². The zero-order valence-electron chi connectivity index (χ0n) is 7.91. The van der Waals surface area contributed by atoms with Crippen LogP contribution in [0.2, 0.25) is 0 Å². The van der Waals surface area contributed by atoms with Crippen LogP contribution in [0.4, 0.5) is 8.78 Å². The maximum absolute atomic E-state index is 13.3. The summed E-state index contributed by atoms with van der Waals surface area (Å²) in [5.74, 6) is -3.62. The predicted molar refractivity (Wildman–Crippen MR) is 45.9 cm³/mol. The van der Waals surface area contributed by atoms with Crippen LogP contribution in [0.3, 0.4) is 0 Å². The third-order valence-corrected chi connectivity index (χ3v) is 2.00. The lowest BCUT2D eigenvalue weighted by atomic mass is 10.2. The van der Waals surface area contributed by atoms with Gasteiger partial charge in [0.25, 0.3) is 6.29 Å². The summed E-state index contributed by atoms with van der Waals surface area (Å²) in [6, 6.07) is 3.12. The first kappa shape index (κ1) is 10.5. The van der Waals surface area contributed by atoms with Crippen molar-refractivity contribution in [1.82, 2.24) is 0 Å². The van der Waals surface area contributed by atoms with Crippen molar-refractivity contribution in [3.8, 4) is 0 Å². The Morgan fingerprint density at radius 2 is 1.56 bits per heavy atom. The molecule has 0 bridgehead atoms. The van der Waals surface area contributed by atoms with Crippen LogP contribution < -0.4 is 0 Å². The van der Waals surface area contributed by atoms with Crippen LogP contribution in [-0.2, 0) is 19.1 Å². The molecule has 1 aromatic carbocycles. The Hall–Kier alpha value is -1.98. The van der Waals surface area contributed by atoms with Crippen molar-refractivity contribution < 1.29 is 27.8 Å². The number of rotatable bonds is 1. The van der Waals surface area contributed by atoms with Crippen molar-refractivity contribution in [2.75, 3.05) is 0 Å². The largest absolute Gasteiger partial charge is 0.420 e. The lowest BCUT2D eigenvalue weighted by molar-refractivity contribution is -0.205. The lowest BCUT2D eigenvalue weighted by Gasteiger charge is -2.22. The quantitative estimate of drug-likeness (QED) is 0.539. The summed E-state index contributed by atoms with van der Waals surface area (Å²) < 4.78 is 35.6. The number of cyclic esters (lactones) is 2. The summed E-state index contributed by atoms with van der Waals surface area (Å²) in [4.78, 5) is 21.8. The van der Waals surface area contributed by atoms with E-state index in [9.17, 15) is 18.4 Å². The first-order chi connectivity index (χ1) is 7.58. The van der Waals surface area contributed by atoms with Gasteiger partial charge in [0.05, 0.1) is 0 Å². The topological polar surface area (TPSA) is 52.6 Å². The van der Waals surface area contributed by atoms with Crippen LogP contribution in [0.25, 0.3) is 0 Å². The molecule has 0 saturated carbocycles. The average Bonchev–Trinajstić information content (AvgIpc) is 2.15. The van der Waals surface area contributed by atoms with E-state index < -0.39 is 41.8 Å². The fourth-order valence-electron chi connectivity index (χ4n) is 1.32. The van der Waals surface area contributed by atoms with E-state index >= 15 is 0 Å². The van der Waals surface area contributed by atoms with Gasteiger partial charge in [-0.05, 0) is 12.1 Å². The van der Waals surface area contributed by atoms with Gasteiger partial charge in [0.15, 0.2) is 0 Å². The lowest BCUT2D eigenvalue weighted by Crippen LogP contribution is -2.28. The standard InChI is InChI=1S/C10H6F2O4/c11-5-2-1-3-6(12)9(5)10-15-7(13)4-8(14)16-10/h1-3,10H,4H2. The first-order valence-electron chi connectivity index (χ1n) is 4.41. The number of hydrogen-bond donors (Lipinski definition) is 0. The van der Waals surface area contributed by atoms with Crippen molar-refractivity contribution >= 4 is 11.9 Å². The van der Waals surface area contributed by atoms with Crippen LogP contribution in [0.1, 0.15) is 18.3 Å². The van der Waals surface area contributed by atoms with E-state index in [4.69, 9.17) is 0 Å². The van der Waals surface area contributed by atoms with Crippen molar-refractivity contribution in [2.45, 2.75) is 12.7 Å². The molecule has 0 amide bonds. The minimum absolute atomic E-state index is 0.549. The molecule has 1 heterocycles. The van der Waals surface area contributed by atoms with Gasteiger partial charge < -0.3 is 9.47 Å². The van der Waals surface area contributed by atoms with Gasteiger partial charge in [-0.25, -0.2) is 8.78 Å².